The summed E-state index contributed by atoms with van der Waals surface area (Å²) in [4.78, 5) is 49.1. The van der Waals surface area contributed by atoms with E-state index in [0.717, 1.165) is 6.20 Å². The van der Waals surface area contributed by atoms with Crippen LogP contribution < -0.4 is 16.6 Å². The molecule has 1 aromatic rings. The second-order valence-corrected chi connectivity index (χ2v) is 4.16. The van der Waals surface area contributed by atoms with Gasteiger partial charge in [-0.3, -0.25) is 14.6 Å². The number of aromatic amines is 2. The van der Waals surface area contributed by atoms with Gasteiger partial charge in [0, 0.05) is 6.20 Å². The summed E-state index contributed by atoms with van der Waals surface area (Å²) in [5.41, 5.74) is -1.94. The van der Waals surface area contributed by atoms with Crippen LogP contribution in [-0.4, -0.2) is 33.0 Å². The summed E-state index contributed by atoms with van der Waals surface area (Å²) in [7, 11) is 0. The zero-order valence-corrected chi connectivity index (χ0v) is 10.5. The Balaban J connectivity index is 2.97. The van der Waals surface area contributed by atoms with Crippen LogP contribution in [0.1, 0.15) is 30.6 Å². The van der Waals surface area contributed by atoms with Crippen molar-refractivity contribution < 1.29 is 14.7 Å². The van der Waals surface area contributed by atoms with E-state index in [1.54, 1.807) is 13.8 Å². The lowest BCUT2D eigenvalue weighted by molar-refractivity contribution is -0.140. The van der Waals surface area contributed by atoms with Crippen molar-refractivity contribution in [2.24, 2.45) is 5.92 Å². The van der Waals surface area contributed by atoms with Crippen molar-refractivity contribution in [1.82, 2.24) is 15.3 Å². The Hall–Kier alpha value is -2.38. The van der Waals surface area contributed by atoms with Crippen LogP contribution in [0.2, 0.25) is 0 Å². The predicted molar refractivity (Wildman–Crippen MR) is 66.0 cm³/mol. The van der Waals surface area contributed by atoms with Crippen LogP contribution in [0.3, 0.4) is 0 Å². The number of hydrogen-bond donors (Lipinski definition) is 4. The van der Waals surface area contributed by atoms with E-state index in [1.165, 1.54) is 0 Å². The number of carbonyl (C=O) groups excluding carboxylic acids is 1. The van der Waals surface area contributed by atoms with Gasteiger partial charge < -0.3 is 15.4 Å². The number of aliphatic carboxylic acids is 1. The highest BCUT2D eigenvalue weighted by Crippen LogP contribution is 2.08. The summed E-state index contributed by atoms with van der Waals surface area (Å²) >= 11 is 0. The minimum absolute atomic E-state index is 0.289. The lowest BCUT2D eigenvalue weighted by Gasteiger charge is -2.19. The fourth-order valence-electron chi connectivity index (χ4n) is 1.48. The minimum Gasteiger partial charge on any atom is -0.480 e. The van der Waals surface area contributed by atoms with Gasteiger partial charge in [-0.2, -0.15) is 0 Å². The largest absolute Gasteiger partial charge is 0.480 e. The van der Waals surface area contributed by atoms with Crippen molar-refractivity contribution in [2.45, 2.75) is 26.3 Å². The lowest BCUT2D eigenvalue weighted by Crippen LogP contribution is -2.46. The molecule has 1 unspecified atom stereocenters. The second kappa shape index (κ2) is 5.98. The first kappa shape index (κ1) is 14.7. The Morgan fingerprint density at radius 1 is 1.42 bits per heavy atom. The van der Waals surface area contributed by atoms with E-state index in [2.05, 4.69) is 10.3 Å². The van der Waals surface area contributed by atoms with E-state index in [4.69, 9.17) is 5.11 Å². The normalized spacial score (nSPS) is 13.6. The molecule has 0 aliphatic carbocycles. The molecule has 4 N–H and O–H groups in total. The molecule has 1 amide bonds. The van der Waals surface area contributed by atoms with Crippen molar-refractivity contribution >= 4 is 11.9 Å². The first-order valence-electron chi connectivity index (χ1n) is 5.72. The number of amides is 1. The number of aromatic nitrogens is 2. The molecule has 0 spiro atoms. The molecule has 2 atom stereocenters. The third kappa shape index (κ3) is 3.54. The van der Waals surface area contributed by atoms with Crippen LogP contribution in [0.4, 0.5) is 0 Å². The van der Waals surface area contributed by atoms with Gasteiger partial charge in [-0.1, -0.05) is 20.3 Å². The van der Waals surface area contributed by atoms with Gasteiger partial charge in [0.1, 0.15) is 11.6 Å². The van der Waals surface area contributed by atoms with Crippen LogP contribution in [-0.2, 0) is 4.79 Å². The molecular weight excluding hydrogens is 254 g/mol. The van der Waals surface area contributed by atoms with E-state index in [0.29, 0.717) is 6.42 Å². The highest BCUT2D eigenvalue weighted by Gasteiger charge is 2.26. The molecule has 104 valence electrons. The monoisotopic (exact) mass is 269 g/mol. The van der Waals surface area contributed by atoms with Gasteiger partial charge in [-0.05, 0) is 5.92 Å². The molecular formula is C11H15N3O5. The smallest absolute Gasteiger partial charge is 0.326 e. The van der Waals surface area contributed by atoms with Gasteiger partial charge in [-0.25, -0.2) is 9.59 Å². The molecule has 0 saturated carbocycles. The van der Waals surface area contributed by atoms with Crippen molar-refractivity contribution in [2.75, 3.05) is 0 Å². The first-order valence-corrected chi connectivity index (χ1v) is 5.72. The standard InChI is InChI=1S/C11H15N3O5/c1-3-5(2)7(10(17)18)13-8(15)6-4-12-11(19)14-9(6)16/h4-5,7H,3H2,1-2H3,(H,13,15)(H,17,18)(H2,12,14,16,19)/t5?,7-/m0/s1. The molecule has 1 heterocycles. The molecule has 1 aromatic heterocycles. The fraction of sp³-hybridized carbons (Fsp3) is 0.455. The van der Waals surface area contributed by atoms with Crippen molar-refractivity contribution in [3.8, 4) is 0 Å². The van der Waals surface area contributed by atoms with Gasteiger partial charge in [0.2, 0.25) is 0 Å². The van der Waals surface area contributed by atoms with E-state index in [9.17, 15) is 19.2 Å². The summed E-state index contributed by atoms with van der Waals surface area (Å²) in [6.45, 7) is 3.47. The number of carboxylic acid groups (broad SMARTS) is 1. The van der Waals surface area contributed by atoms with Gasteiger partial charge >= 0.3 is 11.7 Å². The third-order valence-corrected chi connectivity index (χ3v) is 2.83. The van der Waals surface area contributed by atoms with Crippen LogP contribution in [0.15, 0.2) is 15.8 Å². The maximum Gasteiger partial charge on any atom is 0.326 e. The highest BCUT2D eigenvalue weighted by atomic mass is 16.4. The summed E-state index contributed by atoms with van der Waals surface area (Å²) < 4.78 is 0. The molecule has 0 aliphatic rings. The topological polar surface area (TPSA) is 132 Å². The molecule has 8 heteroatoms. The molecule has 0 bridgehead atoms. The SMILES string of the molecule is CCC(C)[C@H](NC(=O)c1c[nH]c(=O)[nH]c1=O)C(=O)O. The number of carboxylic acids is 1. The summed E-state index contributed by atoms with van der Waals surface area (Å²) in [6, 6.07) is -1.09. The zero-order valence-electron chi connectivity index (χ0n) is 10.5. The van der Waals surface area contributed by atoms with Crippen molar-refractivity contribution in [3.05, 3.63) is 32.6 Å². The Bertz CT molecular complexity index is 588. The molecule has 8 nitrogen and oxygen atoms in total. The van der Waals surface area contributed by atoms with E-state index in [1.807, 2.05) is 4.98 Å². The highest BCUT2D eigenvalue weighted by molar-refractivity contribution is 5.96. The molecule has 0 radical (unpaired) electrons. The zero-order chi connectivity index (χ0) is 14.6. The molecule has 0 aromatic carbocycles. The van der Waals surface area contributed by atoms with Crippen molar-refractivity contribution in [1.29, 1.82) is 0 Å². The number of rotatable bonds is 5. The lowest BCUT2D eigenvalue weighted by atomic mass is 9.99. The molecule has 19 heavy (non-hydrogen) atoms. The Labute approximate surface area is 107 Å². The van der Waals surface area contributed by atoms with E-state index >= 15 is 0 Å². The average Bonchev–Trinajstić information content (AvgIpc) is 2.34. The third-order valence-electron chi connectivity index (χ3n) is 2.83. The summed E-state index contributed by atoms with van der Waals surface area (Å²) in [5.74, 6) is -2.31. The van der Waals surface area contributed by atoms with Crippen LogP contribution in [0.5, 0.6) is 0 Å². The molecule has 0 fully saturated rings. The first-order chi connectivity index (χ1) is 8.86. The van der Waals surface area contributed by atoms with Crippen LogP contribution in [0.25, 0.3) is 0 Å². The maximum absolute atomic E-state index is 11.8. The van der Waals surface area contributed by atoms with Crippen molar-refractivity contribution in [3.63, 3.8) is 0 Å². The summed E-state index contributed by atoms with van der Waals surface area (Å²) in [5, 5.41) is 11.3. The van der Waals surface area contributed by atoms with E-state index in [-0.39, 0.29) is 11.5 Å². The fourth-order valence-corrected chi connectivity index (χ4v) is 1.48. The Morgan fingerprint density at radius 3 is 2.53 bits per heavy atom. The number of carbonyl (C=O) groups is 2. The van der Waals surface area contributed by atoms with Gasteiger partial charge in [0.25, 0.3) is 11.5 Å². The number of nitrogens with one attached hydrogen (secondary N) is 3. The van der Waals surface area contributed by atoms with Gasteiger partial charge in [0.05, 0.1) is 0 Å². The van der Waals surface area contributed by atoms with Gasteiger partial charge in [0.15, 0.2) is 0 Å². The Kier molecular flexibility index (Phi) is 4.62. The molecule has 0 aliphatic heterocycles. The van der Waals surface area contributed by atoms with Crippen LogP contribution >= 0.6 is 0 Å². The molecule has 0 saturated heterocycles. The number of hydrogen-bond acceptors (Lipinski definition) is 4. The van der Waals surface area contributed by atoms with E-state index < -0.39 is 29.2 Å². The number of H-pyrrole nitrogens is 2. The average molecular weight is 269 g/mol. The quantitative estimate of drug-likeness (QED) is 0.560. The molecule has 1 rings (SSSR count). The summed E-state index contributed by atoms with van der Waals surface area (Å²) in [6.07, 6.45) is 1.51. The maximum atomic E-state index is 11.8. The van der Waals surface area contributed by atoms with Crippen LogP contribution in [0, 0.1) is 5.92 Å². The Morgan fingerprint density at radius 2 is 2.05 bits per heavy atom. The second-order valence-electron chi connectivity index (χ2n) is 4.16. The van der Waals surface area contributed by atoms with Gasteiger partial charge in [-0.15, -0.1) is 0 Å². The minimum atomic E-state index is -1.18. The predicted octanol–water partition coefficient (Wildman–Crippen LogP) is -0.708.